The fourth-order valence-corrected chi connectivity index (χ4v) is 2.67. The van der Waals surface area contributed by atoms with Crippen LogP contribution in [0.2, 0.25) is 0 Å². The smallest absolute Gasteiger partial charge is 0.292 e. The van der Waals surface area contributed by atoms with Crippen molar-refractivity contribution in [1.82, 2.24) is 0 Å². The molecule has 2 aromatic carbocycles. The molecule has 0 fully saturated rings. The van der Waals surface area contributed by atoms with E-state index in [1.165, 1.54) is 6.07 Å². The molecule has 1 aliphatic rings. The third-order valence-electron chi connectivity index (χ3n) is 3.62. The van der Waals surface area contributed by atoms with Crippen molar-refractivity contribution in [3.63, 3.8) is 0 Å². The van der Waals surface area contributed by atoms with Crippen LogP contribution in [0.25, 0.3) is 0 Å². The largest absolute Gasteiger partial charge is 0.390 e. The Labute approximate surface area is 116 Å². The SMILES string of the molecule is O=[N+]([O-])c1ccccc1N[C@@H]1c2ccccc2C[C@@H]1O. The lowest BCUT2D eigenvalue weighted by molar-refractivity contribution is -0.384. The summed E-state index contributed by atoms with van der Waals surface area (Å²) in [6.45, 7) is 0. The number of nitro groups is 1. The van der Waals surface area contributed by atoms with Crippen LogP contribution in [-0.4, -0.2) is 16.1 Å². The maximum absolute atomic E-state index is 11.0. The number of nitro benzene ring substituents is 1. The Morgan fingerprint density at radius 1 is 1.15 bits per heavy atom. The molecule has 2 aromatic rings. The minimum atomic E-state index is -0.577. The van der Waals surface area contributed by atoms with Gasteiger partial charge in [0.25, 0.3) is 5.69 Å². The fourth-order valence-electron chi connectivity index (χ4n) is 2.67. The standard InChI is InChI=1S/C15H14N2O3/c18-14-9-10-5-1-2-6-11(10)15(14)16-12-7-3-4-8-13(12)17(19)20/h1-8,14-16,18H,9H2/t14-,15+/m0/s1. The highest BCUT2D eigenvalue weighted by molar-refractivity contribution is 5.63. The second-order valence-corrected chi connectivity index (χ2v) is 4.87. The number of hydrogen-bond acceptors (Lipinski definition) is 4. The van der Waals surface area contributed by atoms with Crippen molar-refractivity contribution in [3.05, 3.63) is 69.8 Å². The van der Waals surface area contributed by atoms with Gasteiger partial charge in [-0.05, 0) is 17.2 Å². The Bertz CT molecular complexity index is 657. The minimum Gasteiger partial charge on any atom is -0.390 e. The lowest BCUT2D eigenvalue weighted by Crippen LogP contribution is -2.21. The van der Waals surface area contributed by atoms with Crippen molar-refractivity contribution < 1.29 is 10.0 Å². The van der Waals surface area contributed by atoms with E-state index in [2.05, 4.69) is 5.32 Å². The second-order valence-electron chi connectivity index (χ2n) is 4.87. The van der Waals surface area contributed by atoms with Gasteiger partial charge in [-0.2, -0.15) is 0 Å². The molecule has 2 atom stereocenters. The van der Waals surface area contributed by atoms with E-state index < -0.39 is 11.0 Å². The van der Waals surface area contributed by atoms with E-state index in [0.717, 1.165) is 11.1 Å². The van der Waals surface area contributed by atoms with Crippen molar-refractivity contribution in [1.29, 1.82) is 0 Å². The van der Waals surface area contributed by atoms with Crippen LogP contribution >= 0.6 is 0 Å². The van der Waals surface area contributed by atoms with Crippen molar-refractivity contribution in [3.8, 4) is 0 Å². The molecule has 3 rings (SSSR count). The van der Waals surface area contributed by atoms with Crippen LogP contribution in [-0.2, 0) is 6.42 Å². The van der Waals surface area contributed by atoms with Gasteiger partial charge in [-0.25, -0.2) is 0 Å². The third kappa shape index (κ3) is 2.12. The number of fused-ring (bicyclic) bond motifs is 1. The molecule has 0 aliphatic heterocycles. The number of rotatable bonds is 3. The lowest BCUT2D eigenvalue weighted by atomic mass is 10.1. The number of hydrogen-bond donors (Lipinski definition) is 2. The number of nitrogens with zero attached hydrogens (tertiary/aromatic N) is 1. The number of aliphatic hydroxyl groups is 1. The van der Waals surface area contributed by atoms with Gasteiger partial charge in [-0.15, -0.1) is 0 Å². The van der Waals surface area contributed by atoms with E-state index >= 15 is 0 Å². The zero-order chi connectivity index (χ0) is 14.1. The molecule has 0 bridgehead atoms. The van der Waals surface area contributed by atoms with E-state index in [1.54, 1.807) is 18.2 Å². The summed E-state index contributed by atoms with van der Waals surface area (Å²) in [4.78, 5) is 10.6. The molecule has 5 nitrogen and oxygen atoms in total. The Balaban J connectivity index is 1.94. The highest BCUT2D eigenvalue weighted by Crippen LogP contribution is 2.36. The second kappa shape index (κ2) is 4.94. The molecule has 0 saturated heterocycles. The first-order valence-corrected chi connectivity index (χ1v) is 6.42. The van der Waals surface area contributed by atoms with Crippen LogP contribution < -0.4 is 5.32 Å². The maximum Gasteiger partial charge on any atom is 0.292 e. The van der Waals surface area contributed by atoms with Gasteiger partial charge in [-0.1, -0.05) is 36.4 Å². The summed E-state index contributed by atoms with van der Waals surface area (Å²) in [5, 5.41) is 24.3. The quantitative estimate of drug-likeness (QED) is 0.664. The molecule has 0 unspecified atom stereocenters. The van der Waals surface area contributed by atoms with E-state index in [-0.39, 0.29) is 11.7 Å². The Kier molecular flexibility index (Phi) is 3.12. The Morgan fingerprint density at radius 2 is 1.85 bits per heavy atom. The predicted octanol–water partition coefficient (Wildman–Crippen LogP) is 2.67. The molecule has 1 aliphatic carbocycles. The molecule has 0 radical (unpaired) electrons. The monoisotopic (exact) mass is 270 g/mol. The minimum absolute atomic E-state index is 0.0177. The van der Waals surface area contributed by atoms with E-state index in [1.807, 2.05) is 24.3 Å². The highest BCUT2D eigenvalue weighted by atomic mass is 16.6. The lowest BCUT2D eigenvalue weighted by Gasteiger charge is -2.19. The topological polar surface area (TPSA) is 75.4 Å². The van der Waals surface area contributed by atoms with E-state index in [0.29, 0.717) is 12.1 Å². The van der Waals surface area contributed by atoms with Crippen molar-refractivity contribution in [2.24, 2.45) is 0 Å². The van der Waals surface area contributed by atoms with Gasteiger partial charge in [0.2, 0.25) is 0 Å². The number of anilines is 1. The number of aliphatic hydroxyl groups excluding tert-OH is 1. The highest BCUT2D eigenvalue weighted by Gasteiger charge is 2.31. The Morgan fingerprint density at radius 3 is 2.65 bits per heavy atom. The van der Waals surface area contributed by atoms with Crippen LogP contribution in [0.1, 0.15) is 17.2 Å². The first-order valence-electron chi connectivity index (χ1n) is 6.42. The number of benzene rings is 2. The molecule has 0 amide bonds. The summed E-state index contributed by atoms with van der Waals surface area (Å²) in [7, 11) is 0. The van der Waals surface area contributed by atoms with Gasteiger partial charge in [0.1, 0.15) is 5.69 Å². The molecule has 0 saturated carbocycles. The molecule has 5 heteroatoms. The molecule has 0 spiro atoms. The van der Waals surface area contributed by atoms with Crippen LogP contribution in [0.4, 0.5) is 11.4 Å². The Hall–Kier alpha value is -2.40. The van der Waals surface area contributed by atoms with Gasteiger partial charge in [0.05, 0.1) is 17.1 Å². The van der Waals surface area contributed by atoms with E-state index in [9.17, 15) is 15.2 Å². The van der Waals surface area contributed by atoms with Crippen LogP contribution in [0, 0.1) is 10.1 Å². The van der Waals surface area contributed by atoms with Crippen molar-refractivity contribution >= 4 is 11.4 Å². The van der Waals surface area contributed by atoms with Gasteiger partial charge in [-0.3, -0.25) is 10.1 Å². The summed E-state index contributed by atoms with van der Waals surface area (Å²) in [5.74, 6) is 0. The first-order chi connectivity index (χ1) is 9.66. The summed E-state index contributed by atoms with van der Waals surface area (Å²) in [5.41, 5.74) is 2.52. The summed E-state index contributed by atoms with van der Waals surface area (Å²) in [6, 6.07) is 13.9. The van der Waals surface area contributed by atoms with Gasteiger partial charge < -0.3 is 10.4 Å². The average Bonchev–Trinajstić information content (AvgIpc) is 2.76. The maximum atomic E-state index is 11.0. The molecule has 0 heterocycles. The predicted molar refractivity (Wildman–Crippen MR) is 75.6 cm³/mol. The molecule has 2 N–H and O–H groups in total. The number of nitrogens with one attached hydrogen (secondary N) is 1. The van der Waals surface area contributed by atoms with Gasteiger partial charge in [0, 0.05) is 12.5 Å². The summed E-state index contributed by atoms with van der Waals surface area (Å²) < 4.78 is 0. The third-order valence-corrected chi connectivity index (χ3v) is 3.62. The van der Waals surface area contributed by atoms with E-state index in [4.69, 9.17) is 0 Å². The fraction of sp³-hybridized carbons (Fsp3) is 0.200. The average molecular weight is 270 g/mol. The molecular formula is C15H14N2O3. The number of para-hydroxylation sites is 2. The summed E-state index contributed by atoms with van der Waals surface area (Å²) in [6.07, 6.45) is -0.0127. The van der Waals surface area contributed by atoms with Crippen LogP contribution in [0.3, 0.4) is 0 Å². The molecule has 20 heavy (non-hydrogen) atoms. The van der Waals surface area contributed by atoms with Crippen LogP contribution in [0.15, 0.2) is 48.5 Å². The van der Waals surface area contributed by atoms with Crippen molar-refractivity contribution in [2.75, 3.05) is 5.32 Å². The summed E-state index contributed by atoms with van der Waals surface area (Å²) >= 11 is 0. The van der Waals surface area contributed by atoms with Gasteiger partial charge >= 0.3 is 0 Å². The van der Waals surface area contributed by atoms with Gasteiger partial charge in [0.15, 0.2) is 0 Å². The zero-order valence-electron chi connectivity index (χ0n) is 10.7. The normalized spacial score (nSPS) is 20.4. The zero-order valence-corrected chi connectivity index (χ0v) is 10.7. The molecular weight excluding hydrogens is 256 g/mol. The first kappa shape index (κ1) is 12.6. The molecule has 0 aromatic heterocycles. The molecule has 102 valence electrons. The van der Waals surface area contributed by atoms with Crippen molar-refractivity contribution in [2.45, 2.75) is 18.6 Å². The van der Waals surface area contributed by atoms with Crippen LogP contribution in [0.5, 0.6) is 0 Å².